The molecular weight excluding hydrogens is 382 g/mol. The Balaban J connectivity index is 2.01. The van der Waals surface area contributed by atoms with Gasteiger partial charge in [-0.3, -0.25) is 9.59 Å². The molecule has 0 radical (unpaired) electrons. The van der Waals surface area contributed by atoms with Crippen molar-refractivity contribution >= 4 is 16.8 Å². The predicted octanol–water partition coefficient (Wildman–Crippen LogP) is 3.68. The number of carbonyl (C=O) groups is 1. The van der Waals surface area contributed by atoms with E-state index in [-0.39, 0.29) is 23.8 Å². The average Bonchev–Trinajstić information content (AvgIpc) is 2.97. The summed E-state index contributed by atoms with van der Waals surface area (Å²) >= 11 is 0. The maximum absolute atomic E-state index is 13.3. The van der Waals surface area contributed by atoms with Gasteiger partial charge in [-0.2, -0.15) is 0 Å². The number of ketones is 1. The Morgan fingerprint density at radius 1 is 1.23 bits per heavy atom. The minimum atomic E-state index is -0.218. The number of rotatable bonds is 8. The van der Waals surface area contributed by atoms with Crippen molar-refractivity contribution < 1.29 is 14.3 Å². The zero-order valence-electron chi connectivity index (χ0n) is 18.5. The minimum Gasteiger partial charge on any atom is -0.496 e. The van der Waals surface area contributed by atoms with Crippen LogP contribution in [-0.2, 0) is 11.2 Å². The molecule has 0 aliphatic heterocycles. The number of hydrogen-bond donors (Lipinski definition) is 1. The molecule has 1 atom stereocenters. The summed E-state index contributed by atoms with van der Waals surface area (Å²) in [7, 11) is 3.19. The highest BCUT2D eigenvalue weighted by molar-refractivity contribution is 6.09. The van der Waals surface area contributed by atoms with E-state index in [1.807, 2.05) is 33.0 Å². The molecule has 7 nitrogen and oxygen atoms in total. The number of H-pyrrole nitrogens is 1. The van der Waals surface area contributed by atoms with E-state index in [4.69, 9.17) is 9.47 Å². The second-order valence-corrected chi connectivity index (χ2v) is 7.77. The topological polar surface area (TPSA) is 86.2 Å². The molecule has 3 aromatic heterocycles. The highest BCUT2D eigenvalue weighted by Crippen LogP contribution is 2.30. The molecule has 0 aliphatic rings. The number of ether oxygens (including phenoxy) is 2. The van der Waals surface area contributed by atoms with Crippen LogP contribution in [-0.4, -0.2) is 41.1 Å². The third-order valence-corrected chi connectivity index (χ3v) is 5.40. The lowest BCUT2D eigenvalue weighted by molar-refractivity contribution is 0.0983. The number of carbonyl (C=O) groups excluding carboxylic acids is 1. The number of nitrogens with zero attached hydrogens (tertiary/aromatic N) is 2. The van der Waals surface area contributed by atoms with E-state index >= 15 is 0 Å². The molecule has 3 heterocycles. The molecule has 3 aromatic rings. The number of aryl methyl sites for hydroxylation is 2. The predicted molar refractivity (Wildman–Crippen MR) is 117 cm³/mol. The first-order valence-corrected chi connectivity index (χ1v) is 10.0. The van der Waals surface area contributed by atoms with Crippen molar-refractivity contribution in [2.75, 3.05) is 20.8 Å². The van der Waals surface area contributed by atoms with E-state index in [1.54, 1.807) is 20.1 Å². The fraction of sp³-hybridized carbons (Fsp3) is 0.435. The van der Waals surface area contributed by atoms with E-state index in [2.05, 4.69) is 14.5 Å². The van der Waals surface area contributed by atoms with Crippen LogP contribution in [0.1, 0.15) is 52.3 Å². The van der Waals surface area contributed by atoms with Gasteiger partial charge in [0, 0.05) is 42.1 Å². The second-order valence-electron chi connectivity index (χ2n) is 7.77. The number of aromatic nitrogens is 3. The molecule has 0 spiro atoms. The summed E-state index contributed by atoms with van der Waals surface area (Å²) < 4.78 is 12.7. The van der Waals surface area contributed by atoms with Gasteiger partial charge < -0.3 is 19.0 Å². The Labute approximate surface area is 176 Å². The van der Waals surface area contributed by atoms with Crippen LogP contribution in [0.3, 0.4) is 0 Å². The zero-order chi connectivity index (χ0) is 22.0. The first-order valence-electron chi connectivity index (χ1n) is 10.0. The van der Waals surface area contributed by atoms with Crippen LogP contribution >= 0.6 is 0 Å². The smallest absolute Gasteiger partial charge is 0.255 e. The minimum absolute atomic E-state index is 0.0182. The lowest BCUT2D eigenvalue weighted by Crippen LogP contribution is -2.17. The van der Waals surface area contributed by atoms with E-state index < -0.39 is 0 Å². The van der Waals surface area contributed by atoms with Gasteiger partial charge in [0.15, 0.2) is 5.78 Å². The van der Waals surface area contributed by atoms with Gasteiger partial charge in [0.1, 0.15) is 11.4 Å². The average molecular weight is 412 g/mol. The van der Waals surface area contributed by atoms with Crippen molar-refractivity contribution in [2.45, 2.75) is 46.6 Å². The van der Waals surface area contributed by atoms with Crippen LogP contribution in [0.15, 0.2) is 23.1 Å². The molecule has 0 aromatic carbocycles. The Hall–Kier alpha value is -2.93. The SMILES string of the molecule is COCC(C)n1c(C)c(C(=O)CCc2c(OC)cc(C)[nH]c2=O)c2cc(C)cnc21. The standard InChI is InChI=1S/C23H29N3O4/c1-13-9-18-21(16(4)26(15(3)12-29-5)22(18)24-11-13)19(27)8-7-17-20(30-6)10-14(2)25-23(17)28/h9-11,15H,7-8,12H2,1-6H3,(H,25,28). The van der Waals surface area contributed by atoms with Crippen molar-refractivity contribution in [1.29, 1.82) is 0 Å². The molecule has 30 heavy (non-hydrogen) atoms. The molecule has 0 saturated carbocycles. The summed E-state index contributed by atoms with van der Waals surface area (Å²) in [6, 6.07) is 3.81. The molecule has 3 rings (SSSR count). The maximum Gasteiger partial charge on any atom is 0.255 e. The number of nitrogens with one attached hydrogen (secondary N) is 1. The molecule has 0 bridgehead atoms. The monoisotopic (exact) mass is 411 g/mol. The Kier molecular flexibility index (Phi) is 6.41. The van der Waals surface area contributed by atoms with Gasteiger partial charge in [-0.1, -0.05) is 0 Å². The Morgan fingerprint density at radius 2 is 1.97 bits per heavy atom. The molecule has 1 unspecified atom stereocenters. The van der Waals surface area contributed by atoms with Gasteiger partial charge in [0.25, 0.3) is 5.56 Å². The van der Waals surface area contributed by atoms with Gasteiger partial charge in [-0.15, -0.1) is 0 Å². The Morgan fingerprint density at radius 3 is 2.63 bits per heavy atom. The third-order valence-electron chi connectivity index (χ3n) is 5.40. The summed E-state index contributed by atoms with van der Waals surface area (Å²) in [5.41, 5.74) is 4.28. The number of Topliss-reactive ketones (excluding diaryl/α,β-unsaturated/α-hetero) is 1. The second kappa shape index (κ2) is 8.83. The molecule has 7 heteroatoms. The van der Waals surface area contributed by atoms with Crippen LogP contribution in [0.25, 0.3) is 11.0 Å². The van der Waals surface area contributed by atoms with Gasteiger partial charge >= 0.3 is 0 Å². The zero-order valence-corrected chi connectivity index (χ0v) is 18.5. The van der Waals surface area contributed by atoms with Gasteiger partial charge in [-0.05, 0) is 51.8 Å². The van der Waals surface area contributed by atoms with E-state index in [1.165, 1.54) is 7.11 Å². The number of pyridine rings is 2. The first kappa shape index (κ1) is 21.8. The Bertz CT molecular complexity index is 1140. The number of fused-ring (bicyclic) bond motifs is 1. The maximum atomic E-state index is 13.3. The van der Waals surface area contributed by atoms with Gasteiger partial charge in [-0.25, -0.2) is 4.98 Å². The molecule has 0 aliphatic carbocycles. The normalized spacial score (nSPS) is 12.3. The van der Waals surface area contributed by atoms with Crippen LogP contribution < -0.4 is 10.3 Å². The fourth-order valence-corrected chi connectivity index (χ4v) is 4.09. The van der Waals surface area contributed by atoms with Crippen LogP contribution in [0.2, 0.25) is 0 Å². The highest BCUT2D eigenvalue weighted by Gasteiger charge is 2.24. The summed E-state index contributed by atoms with van der Waals surface area (Å²) in [4.78, 5) is 33.1. The van der Waals surface area contributed by atoms with Crippen molar-refractivity contribution in [3.05, 3.63) is 56.8 Å². The quantitative estimate of drug-likeness (QED) is 0.572. The summed E-state index contributed by atoms with van der Waals surface area (Å²) in [6.45, 7) is 8.26. The van der Waals surface area contributed by atoms with Crippen LogP contribution in [0.4, 0.5) is 0 Å². The summed E-state index contributed by atoms with van der Waals surface area (Å²) in [5.74, 6) is 0.490. The lowest BCUT2D eigenvalue weighted by Gasteiger charge is -2.16. The van der Waals surface area contributed by atoms with Gasteiger partial charge in [0.05, 0.1) is 25.3 Å². The van der Waals surface area contributed by atoms with E-state index in [9.17, 15) is 9.59 Å². The molecule has 0 amide bonds. The third kappa shape index (κ3) is 4.03. The first-order chi connectivity index (χ1) is 14.3. The van der Waals surface area contributed by atoms with Crippen LogP contribution in [0.5, 0.6) is 5.75 Å². The summed E-state index contributed by atoms with van der Waals surface area (Å²) in [6.07, 6.45) is 2.31. The van der Waals surface area contributed by atoms with Gasteiger partial charge in [0.2, 0.25) is 0 Å². The number of methoxy groups -OCH3 is 2. The van der Waals surface area contributed by atoms with Crippen molar-refractivity contribution in [3.63, 3.8) is 0 Å². The number of aromatic amines is 1. The fourth-order valence-electron chi connectivity index (χ4n) is 4.09. The lowest BCUT2D eigenvalue weighted by atomic mass is 10.0. The largest absolute Gasteiger partial charge is 0.496 e. The molecule has 1 N–H and O–H groups in total. The van der Waals surface area contributed by atoms with E-state index in [0.717, 1.165) is 28.0 Å². The molecule has 160 valence electrons. The van der Waals surface area contributed by atoms with Crippen molar-refractivity contribution in [3.8, 4) is 5.75 Å². The van der Waals surface area contributed by atoms with Crippen molar-refractivity contribution in [1.82, 2.24) is 14.5 Å². The van der Waals surface area contributed by atoms with E-state index in [0.29, 0.717) is 29.9 Å². The highest BCUT2D eigenvalue weighted by atomic mass is 16.5. The van der Waals surface area contributed by atoms with Crippen LogP contribution in [0, 0.1) is 20.8 Å². The molecule has 0 fully saturated rings. The summed E-state index contributed by atoms with van der Waals surface area (Å²) in [5, 5.41) is 0.838. The molecule has 0 saturated heterocycles. The number of hydrogen-bond acceptors (Lipinski definition) is 5. The molecular formula is C23H29N3O4. The van der Waals surface area contributed by atoms with Crippen molar-refractivity contribution in [2.24, 2.45) is 0 Å².